The van der Waals surface area contributed by atoms with Gasteiger partial charge in [-0.25, -0.2) is 9.18 Å². The number of rotatable bonds is 3. The number of amides is 1. The Labute approximate surface area is 110 Å². The van der Waals surface area contributed by atoms with E-state index in [1.807, 2.05) is 6.92 Å². The molecule has 1 saturated heterocycles. The molecule has 0 radical (unpaired) electrons. The fraction of sp³-hybridized carbons (Fsp3) is 0.429. The zero-order chi connectivity index (χ0) is 14.0. The van der Waals surface area contributed by atoms with Gasteiger partial charge in [-0.2, -0.15) is 0 Å². The number of likely N-dealkylation sites (tertiary alicyclic amines) is 1. The molecule has 2 unspecified atom stereocenters. The smallest absolute Gasteiger partial charge is 0.326 e. The van der Waals surface area contributed by atoms with Crippen molar-refractivity contribution in [2.24, 2.45) is 5.92 Å². The van der Waals surface area contributed by atoms with Gasteiger partial charge >= 0.3 is 5.97 Å². The third kappa shape index (κ3) is 2.92. The van der Waals surface area contributed by atoms with Gasteiger partial charge in [-0.15, -0.1) is 0 Å². The van der Waals surface area contributed by atoms with E-state index in [9.17, 15) is 14.0 Å². The molecule has 1 aromatic rings. The molecule has 0 bridgehead atoms. The largest absolute Gasteiger partial charge is 0.480 e. The van der Waals surface area contributed by atoms with Crippen LogP contribution in [0.2, 0.25) is 0 Å². The van der Waals surface area contributed by atoms with E-state index >= 15 is 0 Å². The van der Waals surface area contributed by atoms with Crippen molar-refractivity contribution in [2.75, 3.05) is 6.54 Å². The molecule has 1 aliphatic heterocycles. The first-order valence-corrected chi connectivity index (χ1v) is 6.25. The van der Waals surface area contributed by atoms with Crippen molar-refractivity contribution < 1.29 is 19.1 Å². The molecule has 5 heteroatoms. The van der Waals surface area contributed by atoms with Crippen LogP contribution in [0.15, 0.2) is 24.3 Å². The van der Waals surface area contributed by atoms with Crippen molar-refractivity contribution in [3.05, 3.63) is 35.6 Å². The number of halogens is 1. The Kier molecular flexibility index (Phi) is 3.83. The molecule has 1 fully saturated rings. The zero-order valence-corrected chi connectivity index (χ0v) is 10.7. The SMILES string of the molecule is CC1CCN(C(=O)Cc2cccc(F)c2)C1C(=O)O. The molecule has 0 spiro atoms. The summed E-state index contributed by atoms with van der Waals surface area (Å²) in [5.41, 5.74) is 0.564. The summed E-state index contributed by atoms with van der Waals surface area (Å²) in [4.78, 5) is 24.7. The van der Waals surface area contributed by atoms with E-state index < -0.39 is 17.8 Å². The number of carbonyl (C=O) groups excluding carboxylic acids is 1. The van der Waals surface area contributed by atoms with Crippen LogP contribution in [0.4, 0.5) is 4.39 Å². The van der Waals surface area contributed by atoms with Crippen LogP contribution in [0.25, 0.3) is 0 Å². The van der Waals surface area contributed by atoms with Crippen LogP contribution in [0.5, 0.6) is 0 Å². The number of hydrogen-bond acceptors (Lipinski definition) is 2. The summed E-state index contributed by atoms with van der Waals surface area (Å²) in [5, 5.41) is 9.16. The van der Waals surface area contributed by atoms with Crippen LogP contribution in [-0.2, 0) is 16.0 Å². The average molecular weight is 265 g/mol. The van der Waals surface area contributed by atoms with E-state index in [1.54, 1.807) is 12.1 Å². The number of nitrogens with zero attached hydrogens (tertiary/aromatic N) is 1. The normalized spacial score (nSPS) is 22.5. The van der Waals surface area contributed by atoms with Crippen molar-refractivity contribution in [3.63, 3.8) is 0 Å². The summed E-state index contributed by atoms with van der Waals surface area (Å²) in [6, 6.07) is 5.05. The number of aliphatic carboxylic acids is 1. The molecule has 0 aromatic heterocycles. The van der Waals surface area contributed by atoms with Crippen molar-refractivity contribution >= 4 is 11.9 Å². The minimum atomic E-state index is -0.974. The Morgan fingerprint density at radius 2 is 2.21 bits per heavy atom. The van der Waals surface area contributed by atoms with Gasteiger partial charge in [0.05, 0.1) is 6.42 Å². The average Bonchev–Trinajstić information content (AvgIpc) is 2.71. The fourth-order valence-electron chi connectivity index (χ4n) is 2.53. The number of carboxylic acids is 1. The quantitative estimate of drug-likeness (QED) is 0.904. The highest BCUT2D eigenvalue weighted by Crippen LogP contribution is 2.25. The van der Waals surface area contributed by atoms with Crippen LogP contribution >= 0.6 is 0 Å². The highest BCUT2D eigenvalue weighted by molar-refractivity contribution is 5.85. The van der Waals surface area contributed by atoms with Crippen LogP contribution in [0.1, 0.15) is 18.9 Å². The lowest BCUT2D eigenvalue weighted by molar-refractivity contribution is -0.149. The Hall–Kier alpha value is -1.91. The Morgan fingerprint density at radius 3 is 2.84 bits per heavy atom. The molecule has 102 valence electrons. The predicted molar refractivity (Wildman–Crippen MR) is 67.0 cm³/mol. The van der Waals surface area contributed by atoms with Crippen LogP contribution < -0.4 is 0 Å². The number of hydrogen-bond donors (Lipinski definition) is 1. The van der Waals surface area contributed by atoms with Crippen molar-refractivity contribution in [1.29, 1.82) is 0 Å². The van der Waals surface area contributed by atoms with E-state index in [-0.39, 0.29) is 18.2 Å². The maximum atomic E-state index is 13.0. The summed E-state index contributed by atoms with van der Waals surface area (Å²) in [7, 11) is 0. The zero-order valence-electron chi connectivity index (χ0n) is 10.7. The van der Waals surface area contributed by atoms with E-state index in [2.05, 4.69) is 0 Å². The van der Waals surface area contributed by atoms with Gasteiger partial charge in [-0.05, 0) is 30.0 Å². The molecule has 4 nitrogen and oxygen atoms in total. The molecule has 1 aromatic carbocycles. The minimum absolute atomic E-state index is 0.0360. The first kappa shape index (κ1) is 13.5. The summed E-state index contributed by atoms with van der Waals surface area (Å²) in [6.45, 7) is 2.28. The molecule has 0 aliphatic carbocycles. The second-order valence-corrected chi connectivity index (χ2v) is 4.94. The van der Waals surface area contributed by atoms with Crippen LogP contribution in [0.3, 0.4) is 0 Å². The topological polar surface area (TPSA) is 57.6 Å². The van der Waals surface area contributed by atoms with Gasteiger partial charge in [0.15, 0.2) is 0 Å². The summed E-state index contributed by atoms with van der Waals surface area (Å²) in [6.07, 6.45) is 0.722. The van der Waals surface area contributed by atoms with Gasteiger partial charge in [0, 0.05) is 6.54 Å². The maximum absolute atomic E-state index is 13.0. The number of benzene rings is 1. The monoisotopic (exact) mass is 265 g/mol. The van der Waals surface area contributed by atoms with E-state index in [0.29, 0.717) is 18.5 Å². The Morgan fingerprint density at radius 1 is 1.47 bits per heavy atom. The molecular formula is C14H16FNO3. The van der Waals surface area contributed by atoms with E-state index in [1.165, 1.54) is 17.0 Å². The summed E-state index contributed by atoms with van der Waals surface area (Å²) >= 11 is 0. The lowest BCUT2D eigenvalue weighted by Gasteiger charge is -2.23. The van der Waals surface area contributed by atoms with E-state index in [0.717, 1.165) is 0 Å². The lowest BCUT2D eigenvalue weighted by atomic mass is 10.0. The van der Waals surface area contributed by atoms with Crippen molar-refractivity contribution in [1.82, 2.24) is 4.90 Å². The Bertz CT molecular complexity index is 503. The summed E-state index contributed by atoms with van der Waals surface area (Å²) < 4.78 is 13.0. The Balaban J connectivity index is 2.10. The molecule has 1 heterocycles. The highest BCUT2D eigenvalue weighted by Gasteiger charge is 2.39. The third-order valence-corrected chi connectivity index (χ3v) is 3.52. The van der Waals surface area contributed by atoms with Gasteiger partial charge in [0.2, 0.25) is 5.91 Å². The maximum Gasteiger partial charge on any atom is 0.326 e. The molecule has 1 amide bonds. The third-order valence-electron chi connectivity index (χ3n) is 3.52. The van der Waals surface area contributed by atoms with Gasteiger partial charge < -0.3 is 10.0 Å². The molecule has 1 aliphatic rings. The highest BCUT2D eigenvalue weighted by atomic mass is 19.1. The number of carbonyl (C=O) groups is 2. The standard InChI is InChI=1S/C14H16FNO3/c1-9-5-6-16(13(9)14(18)19)12(17)8-10-3-2-4-11(15)7-10/h2-4,7,9,13H,5-6,8H2,1H3,(H,18,19). The summed E-state index contributed by atoms with van der Waals surface area (Å²) in [5.74, 6) is -1.68. The van der Waals surface area contributed by atoms with Gasteiger partial charge in [-0.1, -0.05) is 19.1 Å². The van der Waals surface area contributed by atoms with E-state index in [4.69, 9.17) is 5.11 Å². The lowest BCUT2D eigenvalue weighted by Crippen LogP contribution is -2.43. The van der Waals surface area contributed by atoms with Crippen molar-refractivity contribution in [2.45, 2.75) is 25.8 Å². The van der Waals surface area contributed by atoms with Crippen molar-refractivity contribution in [3.8, 4) is 0 Å². The minimum Gasteiger partial charge on any atom is -0.480 e. The molecular weight excluding hydrogens is 249 g/mol. The molecule has 0 saturated carbocycles. The first-order valence-electron chi connectivity index (χ1n) is 6.25. The second kappa shape index (κ2) is 5.38. The second-order valence-electron chi connectivity index (χ2n) is 4.94. The molecule has 19 heavy (non-hydrogen) atoms. The van der Waals surface area contributed by atoms with Crippen LogP contribution in [-0.4, -0.2) is 34.5 Å². The van der Waals surface area contributed by atoms with Gasteiger partial charge in [0.1, 0.15) is 11.9 Å². The fourth-order valence-corrected chi connectivity index (χ4v) is 2.53. The van der Waals surface area contributed by atoms with Crippen LogP contribution in [0, 0.1) is 11.7 Å². The molecule has 2 atom stereocenters. The van der Waals surface area contributed by atoms with Gasteiger partial charge in [-0.3, -0.25) is 4.79 Å². The number of carboxylic acid groups (broad SMARTS) is 1. The predicted octanol–water partition coefficient (Wildman–Crippen LogP) is 1.69. The molecule has 1 N–H and O–H groups in total. The molecule has 2 rings (SSSR count). The first-order chi connectivity index (χ1) is 8.99. The van der Waals surface area contributed by atoms with Gasteiger partial charge in [0.25, 0.3) is 0 Å².